The third-order valence-corrected chi connectivity index (χ3v) is 2.90. The fourth-order valence-electron chi connectivity index (χ4n) is 1.88. The Morgan fingerprint density at radius 1 is 1.40 bits per heavy atom. The van der Waals surface area contributed by atoms with Gasteiger partial charge in [-0.25, -0.2) is 0 Å². The van der Waals surface area contributed by atoms with Gasteiger partial charge in [-0.15, -0.1) is 0 Å². The number of rotatable bonds is 7. The Bertz CT molecular complexity index is 441. The largest absolute Gasteiger partial charge is 0.434 e. The van der Waals surface area contributed by atoms with Gasteiger partial charge in [-0.05, 0) is 19.4 Å². The molecule has 2 atom stereocenters. The highest BCUT2D eigenvalue weighted by atomic mass is 19.3. The predicted octanol–water partition coefficient (Wildman–Crippen LogP) is 2.59. The maximum atomic E-state index is 12.3. The summed E-state index contributed by atoms with van der Waals surface area (Å²) < 4.78 is 29.1. The molecule has 1 unspecified atom stereocenters. The van der Waals surface area contributed by atoms with E-state index in [0.717, 1.165) is 6.42 Å². The van der Waals surface area contributed by atoms with Crippen LogP contribution in [-0.4, -0.2) is 18.6 Å². The molecule has 0 aromatic heterocycles. The van der Waals surface area contributed by atoms with E-state index in [2.05, 4.69) is 10.1 Å². The second-order valence-electron chi connectivity index (χ2n) is 4.54. The molecule has 1 aromatic rings. The lowest BCUT2D eigenvalue weighted by Gasteiger charge is -2.20. The predicted molar refractivity (Wildman–Crippen MR) is 72.5 cm³/mol. The van der Waals surface area contributed by atoms with Crippen molar-refractivity contribution in [3.05, 3.63) is 29.8 Å². The molecule has 0 spiro atoms. The monoisotopic (exact) mass is 286 g/mol. The van der Waals surface area contributed by atoms with Gasteiger partial charge in [0.25, 0.3) is 0 Å². The van der Waals surface area contributed by atoms with Crippen LogP contribution in [0.3, 0.4) is 0 Å². The molecule has 112 valence electrons. The summed E-state index contributed by atoms with van der Waals surface area (Å²) in [5.41, 5.74) is 6.20. The Morgan fingerprint density at radius 2 is 2.05 bits per heavy atom. The molecule has 1 amide bonds. The van der Waals surface area contributed by atoms with Gasteiger partial charge >= 0.3 is 6.61 Å². The zero-order valence-electron chi connectivity index (χ0n) is 11.6. The minimum absolute atomic E-state index is 0.0550. The summed E-state index contributed by atoms with van der Waals surface area (Å²) in [5, 5.41) is 2.71. The van der Waals surface area contributed by atoms with E-state index >= 15 is 0 Å². The average molecular weight is 286 g/mol. The molecule has 20 heavy (non-hydrogen) atoms. The number of hydrogen-bond donors (Lipinski definition) is 2. The first-order chi connectivity index (χ1) is 9.45. The smallest absolute Gasteiger partial charge is 0.387 e. The maximum absolute atomic E-state index is 12.3. The van der Waals surface area contributed by atoms with Crippen molar-refractivity contribution in [3.8, 4) is 5.75 Å². The second kappa shape index (κ2) is 7.79. The highest BCUT2D eigenvalue weighted by molar-refractivity contribution is 5.81. The third kappa shape index (κ3) is 4.77. The fourth-order valence-corrected chi connectivity index (χ4v) is 1.88. The van der Waals surface area contributed by atoms with E-state index in [1.807, 2.05) is 6.92 Å². The first-order valence-electron chi connectivity index (χ1n) is 6.55. The van der Waals surface area contributed by atoms with Crippen LogP contribution in [0.1, 0.15) is 38.3 Å². The number of carbonyl (C=O) groups excluding carboxylic acids is 1. The van der Waals surface area contributed by atoms with E-state index in [-0.39, 0.29) is 11.7 Å². The lowest BCUT2D eigenvalue weighted by Crippen LogP contribution is -2.41. The summed E-state index contributed by atoms with van der Waals surface area (Å²) in [7, 11) is 0. The third-order valence-electron chi connectivity index (χ3n) is 2.90. The normalized spacial score (nSPS) is 13.9. The Hall–Kier alpha value is -1.69. The zero-order chi connectivity index (χ0) is 15.1. The van der Waals surface area contributed by atoms with Crippen molar-refractivity contribution in [2.24, 2.45) is 5.73 Å². The van der Waals surface area contributed by atoms with Crippen LogP contribution in [0.15, 0.2) is 24.3 Å². The van der Waals surface area contributed by atoms with Crippen LogP contribution in [0.25, 0.3) is 0 Å². The van der Waals surface area contributed by atoms with Gasteiger partial charge in [0.15, 0.2) is 0 Å². The Morgan fingerprint density at radius 3 is 2.65 bits per heavy atom. The molecule has 1 aromatic carbocycles. The van der Waals surface area contributed by atoms with Crippen LogP contribution in [0.2, 0.25) is 0 Å². The minimum atomic E-state index is -2.90. The summed E-state index contributed by atoms with van der Waals surface area (Å²) in [6.07, 6.45) is 1.38. The maximum Gasteiger partial charge on any atom is 0.387 e. The summed E-state index contributed by atoms with van der Waals surface area (Å²) in [5.74, 6) is -0.245. The van der Waals surface area contributed by atoms with E-state index < -0.39 is 18.7 Å². The van der Waals surface area contributed by atoms with E-state index in [1.54, 1.807) is 25.1 Å². The second-order valence-corrected chi connectivity index (χ2v) is 4.54. The number of nitrogens with one attached hydrogen (secondary N) is 1. The van der Waals surface area contributed by atoms with Crippen molar-refractivity contribution in [1.82, 2.24) is 5.32 Å². The molecular weight excluding hydrogens is 266 g/mol. The number of para-hydroxylation sites is 1. The molecule has 0 aliphatic heterocycles. The highest BCUT2D eigenvalue weighted by Gasteiger charge is 2.19. The lowest BCUT2D eigenvalue weighted by atomic mass is 10.1. The van der Waals surface area contributed by atoms with Gasteiger partial charge < -0.3 is 15.8 Å². The fraction of sp³-hybridized carbons (Fsp3) is 0.500. The van der Waals surface area contributed by atoms with Crippen molar-refractivity contribution in [3.63, 3.8) is 0 Å². The number of halogens is 2. The highest BCUT2D eigenvalue weighted by Crippen LogP contribution is 2.26. The molecule has 0 radical (unpaired) electrons. The number of amides is 1. The van der Waals surface area contributed by atoms with Crippen molar-refractivity contribution in [2.75, 3.05) is 0 Å². The van der Waals surface area contributed by atoms with Crippen LogP contribution >= 0.6 is 0 Å². The zero-order valence-corrected chi connectivity index (χ0v) is 11.6. The van der Waals surface area contributed by atoms with Crippen LogP contribution < -0.4 is 15.8 Å². The van der Waals surface area contributed by atoms with E-state index in [4.69, 9.17) is 5.73 Å². The van der Waals surface area contributed by atoms with E-state index in [0.29, 0.717) is 12.0 Å². The Kier molecular flexibility index (Phi) is 6.38. The minimum Gasteiger partial charge on any atom is -0.434 e. The topological polar surface area (TPSA) is 64.4 Å². The van der Waals surface area contributed by atoms with Crippen molar-refractivity contribution < 1.29 is 18.3 Å². The quantitative estimate of drug-likeness (QED) is 0.809. The van der Waals surface area contributed by atoms with Gasteiger partial charge in [-0.1, -0.05) is 31.5 Å². The van der Waals surface area contributed by atoms with Gasteiger partial charge in [-0.3, -0.25) is 4.79 Å². The molecule has 0 aliphatic rings. The van der Waals surface area contributed by atoms with Crippen molar-refractivity contribution in [1.29, 1.82) is 0 Å². The van der Waals surface area contributed by atoms with Gasteiger partial charge in [0.2, 0.25) is 5.91 Å². The number of carbonyl (C=O) groups is 1. The van der Waals surface area contributed by atoms with Crippen LogP contribution in [0.5, 0.6) is 5.75 Å². The first kappa shape index (κ1) is 16.4. The molecule has 6 heteroatoms. The summed E-state index contributed by atoms with van der Waals surface area (Å²) >= 11 is 0. The molecule has 0 fully saturated rings. The molecule has 0 heterocycles. The summed E-state index contributed by atoms with van der Waals surface area (Å²) in [4.78, 5) is 11.8. The standard InChI is InChI=1S/C14H20F2N2O2/c1-3-6-11(17)13(19)18-9(2)10-7-4-5-8-12(10)20-14(15)16/h4-5,7-9,11,14H,3,6,17H2,1-2H3,(H,18,19)/t9?,11-/m0/s1. The van der Waals surface area contributed by atoms with E-state index in [1.165, 1.54) is 6.07 Å². The number of benzene rings is 1. The molecule has 0 saturated carbocycles. The number of ether oxygens (including phenoxy) is 1. The number of nitrogens with two attached hydrogens (primary N) is 1. The molecule has 0 bridgehead atoms. The van der Waals surface area contributed by atoms with E-state index in [9.17, 15) is 13.6 Å². The molecule has 0 saturated heterocycles. The van der Waals surface area contributed by atoms with Crippen LogP contribution in [0.4, 0.5) is 8.78 Å². The molecule has 0 aliphatic carbocycles. The molecular formula is C14H20F2N2O2. The van der Waals surface area contributed by atoms with Crippen molar-refractivity contribution >= 4 is 5.91 Å². The first-order valence-corrected chi connectivity index (χ1v) is 6.55. The Balaban J connectivity index is 2.76. The van der Waals surface area contributed by atoms with Crippen molar-refractivity contribution in [2.45, 2.75) is 45.4 Å². The number of hydrogen-bond acceptors (Lipinski definition) is 3. The average Bonchev–Trinajstić information content (AvgIpc) is 2.38. The molecule has 3 N–H and O–H groups in total. The van der Waals surface area contributed by atoms with Gasteiger partial charge in [0.05, 0.1) is 12.1 Å². The van der Waals surface area contributed by atoms with Crippen LogP contribution in [-0.2, 0) is 4.79 Å². The van der Waals surface area contributed by atoms with Gasteiger partial charge in [0, 0.05) is 5.56 Å². The van der Waals surface area contributed by atoms with Gasteiger partial charge in [0.1, 0.15) is 5.75 Å². The Labute approximate surface area is 117 Å². The summed E-state index contributed by atoms with van der Waals surface area (Å²) in [6, 6.07) is 5.32. The number of alkyl halides is 2. The molecule has 4 nitrogen and oxygen atoms in total. The summed E-state index contributed by atoms with van der Waals surface area (Å²) in [6.45, 7) is 0.730. The van der Waals surface area contributed by atoms with Gasteiger partial charge in [-0.2, -0.15) is 8.78 Å². The lowest BCUT2D eigenvalue weighted by molar-refractivity contribution is -0.123. The molecule has 1 rings (SSSR count). The van der Waals surface area contributed by atoms with Crippen LogP contribution in [0, 0.1) is 0 Å². The SMILES string of the molecule is CCC[C@H](N)C(=O)NC(C)c1ccccc1OC(F)F.